The second-order valence-corrected chi connectivity index (χ2v) is 5.94. The summed E-state index contributed by atoms with van der Waals surface area (Å²) in [6.45, 7) is 10.9. The molecule has 0 heterocycles. The third-order valence-corrected chi connectivity index (χ3v) is 3.75. The van der Waals surface area contributed by atoms with Gasteiger partial charge in [0.05, 0.1) is 6.57 Å². The molecular formula is C20H28N2O. The molecule has 0 radical (unpaired) electrons. The third kappa shape index (κ3) is 8.83. The molecule has 0 saturated heterocycles. The Morgan fingerprint density at radius 3 is 2.30 bits per heavy atom. The maximum absolute atomic E-state index is 11.9. The number of nitrogens with zero attached hydrogens (tertiary/aromatic N) is 1. The molecule has 1 aromatic rings. The van der Waals surface area contributed by atoms with Crippen molar-refractivity contribution >= 4 is 17.7 Å². The standard InChI is InChI=1S/C20H28N2O/c1-4-5-6-7-8-9-10-11-20(23)22-19-14-12-18(13-15-19)16-17(2)21-3/h12-16H,4-11H2,1-2H3,(H,22,23)/b17-16+. The molecule has 0 aliphatic heterocycles. The van der Waals surface area contributed by atoms with E-state index >= 15 is 0 Å². The van der Waals surface area contributed by atoms with E-state index in [1.54, 1.807) is 6.92 Å². The van der Waals surface area contributed by atoms with E-state index in [9.17, 15) is 4.79 Å². The lowest BCUT2D eigenvalue weighted by atomic mass is 10.1. The van der Waals surface area contributed by atoms with Crippen LogP contribution in [0.25, 0.3) is 10.9 Å². The molecule has 1 rings (SSSR count). The first kappa shape index (κ1) is 19.0. The van der Waals surface area contributed by atoms with Crippen LogP contribution in [0.3, 0.4) is 0 Å². The predicted molar refractivity (Wildman–Crippen MR) is 97.9 cm³/mol. The Labute approximate surface area is 140 Å². The summed E-state index contributed by atoms with van der Waals surface area (Å²) in [5, 5.41) is 2.93. The summed E-state index contributed by atoms with van der Waals surface area (Å²) in [6.07, 6.45) is 10.9. The van der Waals surface area contributed by atoms with Gasteiger partial charge in [-0.15, -0.1) is 0 Å². The highest BCUT2D eigenvalue weighted by molar-refractivity contribution is 5.90. The van der Waals surface area contributed by atoms with Crippen molar-refractivity contribution < 1.29 is 4.79 Å². The Morgan fingerprint density at radius 1 is 1.09 bits per heavy atom. The first-order chi connectivity index (χ1) is 11.2. The summed E-state index contributed by atoms with van der Waals surface area (Å²) < 4.78 is 0. The highest BCUT2D eigenvalue weighted by Crippen LogP contribution is 2.14. The lowest BCUT2D eigenvalue weighted by Gasteiger charge is -2.06. The number of amides is 1. The molecule has 3 heteroatoms. The zero-order valence-electron chi connectivity index (χ0n) is 14.4. The molecule has 1 amide bonds. The minimum Gasteiger partial charge on any atom is -0.326 e. The highest BCUT2D eigenvalue weighted by atomic mass is 16.1. The van der Waals surface area contributed by atoms with Crippen molar-refractivity contribution in [2.24, 2.45) is 0 Å². The topological polar surface area (TPSA) is 33.5 Å². The summed E-state index contributed by atoms with van der Waals surface area (Å²) in [6, 6.07) is 7.59. The molecule has 0 saturated carbocycles. The fraction of sp³-hybridized carbons (Fsp3) is 0.500. The summed E-state index contributed by atoms with van der Waals surface area (Å²) >= 11 is 0. The van der Waals surface area contributed by atoms with Crippen LogP contribution in [0.1, 0.15) is 70.8 Å². The predicted octanol–water partition coefficient (Wildman–Crippen LogP) is 6.05. The van der Waals surface area contributed by atoms with E-state index in [-0.39, 0.29) is 5.91 Å². The molecule has 1 N–H and O–H groups in total. The number of rotatable bonds is 10. The molecule has 0 bridgehead atoms. The summed E-state index contributed by atoms with van der Waals surface area (Å²) in [5.41, 5.74) is 2.44. The number of nitrogens with one attached hydrogen (secondary N) is 1. The normalized spacial score (nSPS) is 11.1. The molecule has 3 nitrogen and oxygen atoms in total. The second kappa shape index (κ2) is 11.5. The number of anilines is 1. The largest absolute Gasteiger partial charge is 0.326 e. The second-order valence-electron chi connectivity index (χ2n) is 5.94. The monoisotopic (exact) mass is 312 g/mol. The van der Waals surface area contributed by atoms with Gasteiger partial charge in [-0.1, -0.05) is 63.7 Å². The van der Waals surface area contributed by atoms with Gasteiger partial charge in [-0.2, -0.15) is 0 Å². The van der Waals surface area contributed by atoms with E-state index in [0.717, 1.165) is 24.1 Å². The Bertz CT molecular complexity index is 538. The van der Waals surface area contributed by atoms with E-state index in [1.165, 1.54) is 32.1 Å². The smallest absolute Gasteiger partial charge is 0.224 e. The van der Waals surface area contributed by atoms with Crippen LogP contribution in [0.4, 0.5) is 5.69 Å². The molecule has 23 heavy (non-hydrogen) atoms. The Morgan fingerprint density at radius 2 is 1.70 bits per heavy atom. The van der Waals surface area contributed by atoms with E-state index < -0.39 is 0 Å². The SMILES string of the molecule is [C-]#[N+]/C(C)=C/c1ccc(NC(=O)CCCCCCCCC)cc1. The van der Waals surface area contributed by atoms with Gasteiger partial charge in [0, 0.05) is 12.1 Å². The molecule has 0 aromatic heterocycles. The fourth-order valence-corrected chi connectivity index (χ4v) is 2.40. The molecule has 124 valence electrons. The number of unbranched alkanes of at least 4 members (excludes halogenated alkanes) is 6. The maximum Gasteiger partial charge on any atom is 0.224 e. The molecule has 0 atom stereocenters. The van der Waals surface area contributed by atoms with Crippen LogP contribution < -0.4 is 5.32 Å². The number of allylic oxidation sites excluding steroid dienone is 1. The van der Waals surface area contributed by atoms with Crippen molar-refractivity contribution in [3.63, 3.8) is 0 Å². The van der Waals surface area contributed by atoms with E-state index in [0.29, 0.717) is 12.1 Å². The van der Waals surface area contributed by atoms with Crippen LogP contribution in [0, 0.1) is 6.57 Å². The van der Waals surface area contributed by atoms with Gasteiger partial charge in [0.25, 0.3) is 0 Å². The van der Waals surface area contributed by atoms with Gasteiger partial charge >= 0.3 is 0 Å². The third-order valence-electron chi connectivity index (χ3n) is 3.75. The lowest BCUT2D eigenvalue weighted by molar-refractivity contribution is -0.116. The van der Waals surface area contributed by atoms with Crippen LogP contribution in [-0.4, -0.2) is 5.91 Å². The van der Waals surface area contributed by atoms with Gasteiger partial charge < -0.3 is 5.32 Å². The number of hydrogen-bond acceptors (Lipinski definition) is 1. The zero-order valence-corrected chi connectivity index (χ0v) is 14.4. The molecule has 1 aromatic carbocycles. The molecular weight excluding hydrogens is 284 g/mol. The Hall–Kier alpha value is -2.08. The molecule has 0 fully saturated rings. The number of benzene rings is 1. The number of carbonyl (C=O) groups is 1. The van der Waals surface area contributed by atoms with E-state index in [2.05, 4.69) is 17.1 Å². The Kier molecular flexibility index (Phi) is 9.47. The average molecular weight is 312 g/mol. The minimum absolute atomic E-state index is 0.0826. The van der Waals surface area contributed by atoms with Crippen molar-refractivity contribution in [3.05, 3.63) is 46.9 Å². The van der Waals surface area contributed by atoms with Gasteiger partial charge in [-0.3, -0.25) is 4.79 Å². The van der Waals surface area contributed by atoms with Crippen LogP contribution in [-0.2, 0) is 4.79 Å². The first-order valence-corrected chi connectivity index (χ1v) is 8.61. The molecule has 0 spiro atoms. The summed E-state index contributed by atoms with van der Waals surface area (Å²) in [5.74, 6) is 0.0826. The zero-order chi connectivity index (χ0) is 16.9. The lowest BCUT2D eigenvalue weighted by Crippen LogP contribution is -2.10. The highest BCUT2D eigenvalue weighted by Gasteiger charge is 2.02. The van der Waals surface area contributed by atoms with Crippen molar-refractivity contribution in [2.75, 3.05) is 5.32 Å². The first-order valence-electron chi connectivity index (χ1n) is 8.61. The molecule has 0 unspecified atom stereocenters. The van der Waals surface area contributed by atoms with E-state index in [4.69, 9.17) is 6.57 Å². The average Bonchev–Trinajstić information content (AvgIpc) is 2.55. The number of hydrogen-bond donors (Lipinski definition) is 1. The van der Waals surface area contributed by atoms with Crippen molar-refractivity contribution in [1.29, 1.82) is 0 Å². The fourth-order valence-electron chi connectivity index (χ4n) is 2.40. The van der Waals surface area contributed by atoms with Gasteiger partial charge in [-0.25, -0.2) is 4.85 Å². The number of carbonyl (C=O) groups excluding carboxylic acids is 1. The van der Waals surface area contributed by atoms with Gasteiger partial charge in [0.1, 0.15) is 0 Å². The van der Waals surface area contributed by atoms with Gasteiger partial charge in [-0.05, 0) is 31.0 Å². The molecule has 0 aliphatic rings. The van der Waals surface area contributed by atoms with Crippen molar-refractivity contribution in [2.45, 2.75) is 65.2 Å². The quantitative estimate of drug-likeness (QED) is 0.414. The Balaban J connectivity index is 2.25. The van der Waals surface area contributed by atoms with Gasteiger partial charge in [0.2, 0.25) is 5.91 Å². The van der Waals surface area contributed by atoms with Crippen LogP contribution in [0.15, 0.2) is 30.0 Å². The summed E-state index contributed by atoms with van der Waals surface area (Å²) in [4.78, 5) is 15.3. The van der Waals surface area contributed by atoms with Crippen LogP contribution in [0.5, 0.6) is 0 Å². The molecule has 0 aliphatic carbocycles. The minimum atomic E-state index is 0.0826. The summed E-state index contributed by atoms with van der Waals surface area (Å²) in [7, 11) is 0. The maximum atomic E-state index is 11.9. The van der Waals surface area contributed by atoms with E-state index in [1.807, 2.05) is 30.3 Å². The van der Waals surface area contributed by atoms with Crippen molar-refractivity contribution in [1.82, 2.24) is 0 Å². The van der Waals surface area contributed by atoms with Crippen LogP contribution in [0.2, 0.25) is 0 Å². The van der Waals surface area contributed by atoms with Crippen LogP contribution >= 0.6 is 0 Å². The van der Waals surface area contributed by atoms with Gasteiger partial charge in [0.15, 0.2) is 5.70 Å². The van der Waals surface area contributed by atoms with Crippen molar-refractivity contribution in [3.8, 4) is 0 Å².